The number of hydrogen-bond donors (Lipinski definition) is 2. The van der Waals surface area contributed by atoms with E-state index in [-0.39, 0.29) is 18.7 Å². The first-order chi connectivity index (χ1) is 16.2. The Morgan fingerprint density at radius 3 is 2.47 bits per heavy atom. The molecule has 0 aliphatic carbocycles. The molecular formula is C24H26FN3O6. The summed E-state index contributed by atoms with van der Waals surface area (Å²) in [5.74, 6) is -3.14. The predicted octanol–water partition coefficient (Wildman–Crippen LogP) is 2.71. The highest BCUT2D eigenvalue weighted by molar-refractivity contribution is 5.98. The minimum atomic E-state index is -1.40. The zero-order valence-electron chi connectivity index (χ0n) is 18.9. The summed E-state index contributed by atoms with van der Waals surface area (Å²) in [4.78, 5) is 52.9. The van der Waals surface area contributed by atoms with Crippen LogP contribution in [0.1, 0.15) is 40.4 Å². The van der Waals surface area contributed by atoms with Gasteiger partial charge in [0.15, 0.2) is 6.17 Å². The number of carboxylic acid groups (broad SMARTS) is 1. The van der Waals surface area contributed by atoms with E-state index in [1.54, 1.807) is 18.2 Å². The molecule has 10 heteroatoms. The minimum absolute atomic E-state index is 0.0188. The predicted molar refractivity (Wildman–Crippen MR) is 119 cm³/mol. The summed E-state index contributed by atoms with van der Waals surface area (Å²) in [5.41, 5.74) is 1.46. The van der Waals surface area contributed by atoms with Crippen molar-refractivity contribution in [3.63, 3.8) is 0 Å². The molecule has 0 bridgehead atoms. The number of nitrogens with one attached hydrogen (secondary N) is 1. The molecule has 1 heterocycles. The fourth-order valence-corrected chi connectivity index (χ4v) is 3.98. The summed E-state index contributed by atoms with van der Waals surface area (Å²) >= 11 is 0. The van der Waals surface area contributed by atoms with Gasteiger partial charge in [0.05, 0.1) is 19.6 Å². The van der Waals surface area contributed by atoms with E-state index in [4.69, 9.17) is 4.74 Å². The van der Waals surface area contributed by atoms with Gasteiger partial charge in [-0.1, -0.05) is 35.9 Å². The lowest BCUT2D eigenvalue weighted by Crippen LogP contribution is -2.63. The van der Waals surface area contributed by atoms with Gasteiger partial charge in [-0.2, -0.15) is 0 Å². The summed E-state index contributed by atoms with van der Waals surface area (Å²) in [6, 6.07) is 11.1. The second-order valence-corrected chi connectivity index (χ2v) is 7.97. The van der Waals surface area contributed by atoms with E-state index in [1.807, 2.05) is 13.0 Å². The molecule has 1 aliphatic heterocycles. The van der Waals surface area contributed by atoms with Gasteiger partial charge in [0.1, 0.15) is 5.82 Å². The molecule has 0 aromatic heterocycles. The molecule has 2 N–H and O–H groups in total. The van der Waals surface area contributed by atoms with Crippen LogP contribution in [0.4, 0.5) is 9.18 Å². The number of carboxylic acids is 1. The number of rotatable bonds is 6. The fourth-order valence-electron chi connectivity index (χ4n) is 3.98. The van der Waals surface area contributed by atoms with Crippen LogP contribution in [0.15, 0.2) is 48.5 Å². The van der Waals surface area contributed by atoms with Crippen LogP contribution in [0, 0.1) is 12.7 Å². The molecule has 2 aromatic carbocycles. The SMILES string of the molecule is COC(=O)N1CCCN(C(=O)c2cccc(F)c2)C1C(=O)NC(CC(=O)O)c1cccc(C)c1. The van der Waals surface area contributed by atoms with Crippen LogP contribution in [0.3, 0.4) is 0 Å². The summed E-state index contributed by atoms with van der Waals surface area (Å²) < 4.78 is 18.5. The summed E-state index contributed by atoms with van der Waals surface area (Å²) in [6.07, 6.45) is -2.26. The summed E-state index contributed by atoms with van der Waals surface area (Å²) in [5, 5.41) is 12.1. The third-order valence-electron chi connectivity index (χ3n) is 5.50. The van der Waals surface area contributed by atoms with Crippen LogP contribution in [-0.4, -0.2) is 65.1 Å². The Hall–Kier alpha value is -3.95. The van der Waals surface area contributed by atoms with Crippen LogP contribution < -0.4 is 5.32 Å². The van der Waals surface area contributed by atoms with Crippen molar-refractivity contribution in [3.05, 3.63) is 71.0 Å². The average molecular weight is 471 g/mol. The molecule has 180 valence electrons. The van der Waals surface area contributed by atoms with E-state index < -0.39 is 48.3 Å². The van der Waals surface area contributed by atoms with Crippen LogP contribution >= 0.6 is 0 Å². The normalized spacial score (nSPS) is 16.5. The lowest BCUT2D eigenvalue weighted by Gasteiger charge is -2.42. The van der Waals surface area contributed by atoms with Crippen molar-refractivity contribution in [2.75, 3.05) is 20.2 Å². The molecule has 1 fully saturated rings. The molecule has 1 saturated heterocycles. The van der Waals surface area contributed by atoms with Crippen molar-refractivity contribution < 1.29 is 33.4 Å². The Morgan fingerprint density at radius 1 is 1.12 bits per heavy atom. The number of aryl methyl sites for hydroxylation is 1. The first kappa shape index (κ1) is 24.7. The number of ether oxygens (including phenoxy) is 1. The molecule has 2 aromatic rings. The smallest absolute Gasteiger partial charge is 0.411 e. The van der Waals surface area contributed by atoms with E-state index in [1.165, 1.54) is 23.1 Å². The highest BCUT2D eigenvalue weighted by atomic mass is 19.1. The zero-order chi connectivity index (χ0) is 24.8. The van der Waals surface area contributed by atoms with Gasteiger partial charge in [-0.3, -0.25) is 19.3 Å². The Morgan fingerprint density at radius 2 is 1.82 bits per heavy atom. The van der Waals surface area contributed by atoms with E-state index >= 15 is 0 Å². The van der Waals surface area contributed by atoms with Gasteiger partial charge in [0, 0.05) is 18.7 Å². The number of amides is 3. The summed E-state index contributed by atoms with van der Waals surface area (Å²) in [7, 11) is 1.16. The molecular weight excluding hydrogens is 445 g/mol. The van der Waals surface area contributed by atoms with Gasteiger partial charge in [-0.05, 0) is 37.1 Å². The Balaban J connectivity index is 1.96. The van der Waals surface area contributed by atoms with Gasteiger partial charge >= 0.3 is 12.1 Å². The van der Waals surface area contributed by atoms with E-state index in [2.05, 4.69) is 5.32 Å². The molecule has 3 rings (SSSR count). The summed E-state index contributed by atoms with van der Waals surface area (Å²) in [6.45, 7) is 2.11. The topological polar surface area (TPSA) is 116 Å². The maximum absolute atomic E-state index is 13.7. The van der Waals surface area contributed by atoms with Crippen molar-refractivity contribution >= 4 is 23.9 Å². The second-order valence-electron chi connectivity index (χ2n) is 7.97. The number of benzene rings is 2. The fraction of sp³-hybridized carbons (Fsp3) is 0.333. The number of halogens is 1. The molecule has 3 amide bonds. The molecule has 34 heavy (non-hydrogen) atoms. The van der Waals surface area contributed by atoms with Gasteiger partial charge in [0.2, 0.25) is 0 Å². The first-order valence-electron chi connectivity index (χ1n) is 10.7. The molecule has 9 nitrogen and oxygen atoms in total. The van der Waals surface area contributed by atoms with Crippen LogP contribution in [0.5, 0.6) is 0 Å². The van der Waals surface area contributed by atoms with Crippen molar-refractivity contribution in [3.8, 4) is 0 Å². The minimum Gasteiger partial charge on any atom is -0.481 e. The third kappa shape index (κ3) is 5.69. The lowest BCUT2D eigenvalue weighted by molar-refractivity contribution is -0.138. The largest absolute Gasteiger partial charge is 0.481 e. The number of nitrogens with zero attached hydrogens (tertiary/aromatic N) is 2. The van der Waals surface area contributed by atoms with Crippen LogP contribution in [-0.2, 0) is 14.3 Å². The number of carbonyl (C=O) groups is 4. The Labute approximate surface area is 196 Å². The van der Waals surface area contributed by atoms with E-state index in [0.29, 0.717) is 12.0 Å². The van der Waals surface area contributed by atoms with Crippen LogP contribution in [0.25, 0.3) is 0 Å². The third-order valence-corrected chi connectivity index (χ3v) is 5.50. The molecule has 1 aliphatic rings. The average Bonchev–Trinajstić information content (AvgIpc) is 2.81. The number of methoxy groups -OCH3 is 1. The maximum Gasteiger partial charge on any atom is 0.411 e. The molecule has 2 atom stereocenters. The van der Waals surface area contributed by atoms with Gasteiger partial charge in [0.25, 0.3) is 11.8 Å². The maximum atomic E-state index is 13.7. The van der Waals surface area contributed by atoms with Crippen molar-refractivity contribution in [2.24, 2.45) is 0 Å². The number of aliphatic carboxylic acids is 1. The van der Waals surface area contributed by atoms with Gasteiger partial charge < -0.3 is 20.1 Å². The zero-order valence-corrected chi connectivity index (χ0v) is 18.9. The first-order valence-corrected chi connectivity index (χ1v) is 10.7. The van der Waals surface area contributed by atoms with Crippen molar-refractivity contribution in [2.45, 2.75) is 32.0 Å². The standard InChI is InChI=1S/C24H26FN3O6/c1-15-6-3-7-16(12-15)19(14-20(29)30)26-21(31)22-27(10-5-11-28(22)24(33)34-2)23(32)17-8-4-9-18(25)13-17/h3-4,6-9,12-13,19,22H,5,10-11,14H2,1-2H3,(H,26,31)(H,29,30). The number of carbonyl (C=O) groups excluding carboxylic acids is 3. The molecule has 2 unspecified atom stereocenters. The molecule has 0 spiro atoms. The molecule has 0 saturated carbocycles. The van der Waals surface area contributed by atoms with E-state index in [0.717, 1.165) is 23.6 Å². The monoisotopic (exact) mass is 471 g/mol. The van der Waals surface area contributed by atoms with Crippen LogP contribution in [0.2, 0.25) is 0 Å². The second kappa shape index (κ2) is 10.8. The highest BCUT2D eigenvalue weighted by Crippen LogP contribution is 2.23. The van der Waals surface area contributed by atoms with Crippen molar-refractivity contribution in [1.82, 2.24) is 15.1 Å². The van der Waals surface area contributed by atoms with Gasteiger partial charge in [-0.25, -0.2) is 9.18 Å². The Bertz CT molecular complexity index is 1090. The highest BCUT2D eigenvalue weighted by Gasteiger charge is 2.42. The Kier molecular flexibility index (Phi) is 7.83. The number of hydrogen-bond acceptors (Lipinski definition) is 5. The quantitative estimate of drug-likeness (QED) is 0.669. The van der Waals surface area contributed by atoms with Crippen molar-refractivity contribution in [1.29, 1.82) is 0 Å². The molecule has 0 radical (unpaired) electrons. The van der Waals surface area contributed by atoms with Gasteiger partial charge in [-0.15, -0.1) is 0 Å². The van der Waals surface area contributed by atoms with E-state index in [9.17, 15) is 28.7 Å². The lowest BCUT2D eigenvalue weighted by atomic mass is 10.0.